The fraction of sp³-hybridized carbons (Fsp3) is 0.300. The van der Waals surface area contributed by atoms with E-state index in [1.807, 2.05) is 6.07 Å². The lowest BCUT2D eigenvalue weighted by Gasteiger charge is -2.21. The third-order valence-corrected chi connectivity index (χ3v) is 4.60. The van der Waals surface area contributed by atoms with Crippen molar-refractivity contribution in [2.75, 3.05) is 26.9 Å². The molecule has 0 aliphatic carbocycles. The van der Waals surface area contributed by atoms with Crippen molar-refractivity contribution in [3.8, 4) is 5.75 Å². The molecule has 28 heavy (non-hydrogen) atoms. The molecule has 2 aromatic carbocycles. The summed E-state index contributed by atoms with van der Waals surface area (Å²) in [6.45, 7) is 0.869. The van der Waals surface area contributed by atoms with Gasteiger partial charge in [-0.3, -0.25) is 0 Å². The maximum atomic E-state index is 11.7. The fourth-order valence-corrected chi connectivity index (χ4v) is 3.31. The van der Waals surface area contributed by atoms with Gasteiger partial charge in [0.15, 0.2) is 0 Å². The monoisotopic (exact) mass is 405 g/mol. The van der Waals surface area contributed by atoms with E-state index in [4.69, 9.17) is 21.1 Å². The number of ether oxygens (including phenoxy) is 3. The smallest absolute Gasteiger partial charge is 0.406 e. The van der Waals surface area contributed by atoms with Gasteiger partial charge in [0.2, 0.25) is 0 Å². The second-order valence-electron chi connectivity index (χ2n) is 6.17. The summed E-state index contributed by atoms with van der Waals surface area (Å²) in [5.41, 5.74) is 2.29. The number of methoxy groups -OCH3 is 1. The molecule has 2 N–H and O–H groups in total. The van der Waals surface area contributed by atoms with Crippen LogP contribution in [0.4, 0.5) is 4.79 Å². The Morgan fingerprint density at radius 1 is 1.29 bits per heavy atom. The molecule has 8 heteroatoms. The van der Waals surface area contributed by atoms with Crippen molar-refractivity contribution >= 4 is 23.7 Å². The van der Waals surface area contributed by atoms with Gasteiger partial charge in [-0.25, -0.2) is 9.59 Å². The Bertz CT molecular complexity index is 885. The first-order valence-corrected chi connectivity index (χ1v) is 9.09. The molecule has 1 aliphatic rings. The number of hydrogen-bond acceptors (Lipinski definition) is 5. The zero-order valence-electron chi connectivity index (χ0n) is 15.2. The van der Waals surface area contributed by atoms with Gasteiger partial charge in [0.1, 0.15) is 11.9 Å². The van der Waals surface area contributed by atoms with Crippen LogP contribution in [0.1, 0.15) is 33.2 Å². The van der Waals surface area contributed by atoms with Crippen molar-refractivity contribution in [3.05, 3.63) is 63.7 Å². The molecule has 3 rings (SSSR count). The molecular weight excluding hydrogens is 386 g/mol. The quantitative estimate of drug-likeness (QED) is 0.685. The van der Waals surface area contributed by atoms with Crippen molar-refractivity contribution in [2.45, 2.75) is 12.5 Å². The minimum Gasteiger partial charge on any atom is -0.493 e. The summed E-state index contributed by atoms with van der Waals surface area (Å²) in [5.74, 6) is -0.459. The van der Waals surface area contributed by atoms with Gasteiger partial charge in [0.25, 0.3) is 0 Å². The van der Waals surface area contributed by atoms with Crippen LogP contribution in [-0.4, -0.2) is 44.0 Å². The number of hydrogen-bond donors (Lipinski definition) is 2. The maximum absolute atomic E-state index is 11.7. The first-order valence-electron chi connectivity index (χ1n) is 8.71. The highest BCUT2D eigenvalue weighted by atomic mass is 35.5. The van der Waals surface area contributed by atoms with E-state index in [9.17, 15) is 14.7 Å². The number of carboxylic acids is 1. The number of benzene rings is 2. The predicted octanol–water partition coefficient (Wildman–Crippen LogP) is 3.44. The molecule has 1 aliphatic heterocycles. The van der Waals surface area contributed by atoms with Crippen LogP contribution in [0.2, 0.25) is 5.02 Å². The average Bonchev–Trinajstić information content (AvgIpc) is 3.15. The molecule has 1 amide bonds. The molecule has 0 radical (unpaired) electrons. The van der Waals surface area contributed by atoms with Crippen molar-refractivity contribution in [1.82, 2.24) is 5.32 Å². The van der Waals surface area contributed by atoms with Crippen molar-refractivity contribution in [1.29, 1.82) is 0 Å². The van der Waals surface area contributed by atoms with E-state index in [1.165, 1.54) is 7.11 Å². The summed E-state index contributed by atoms with van der Waals surface area (Å²) >= 11 is 6.13. The second kappa shape index (κ2) is 8.95. The minimum atomic E-state index is -1.01. The molecule has 148 valence electrons. The molecule has 0 fully saturated rings. The number of carboxylic acid groups (broad SMARTS) is 1. The van der Waals surface area contributed by atoms with E-state index in [0.29, 0.717) is 34.9 Å². The highest BCUT2D eigenvalue weighted by Crippen LogP contribution is 2.36. The zero-order chi connectivity index (χ0) is 20.1. The molecule has 1 unspecified atom stereocenters. The van der Waals surface area contributed by atoms with Crippen LogP contribution < -0.4 is 10.1 Å². The summed E-state index contributed by atoms with van der Waals surface area (Å²) < 4.78 is 16.1. The standard InChI is InChI=1S/C20H20ClNO6/c1-26-20(25)22-6-8-28-18(12-3-2-4-14(21)9-12)13-10-16(19(23)24)15-5-7-27-17(15)11-13/h2-4,9-11,18H,5-8H2,1H3,(H,22,25)(H,23,24). The van der Waals surface area contributed by atoms with Gasteiger partial charge >= 0.3 is 12.1 Å². The first-order chi connectivity index (χ1) is 13.5. The Morgan fingerprint density at radius 3 is 2.82 bits per heavy atom. The molecule has 0 bridgehead atoms. The number of fused-ring (bicyclic) bond motifs is 1. The van der Waals surface area contributed by atoms with E-state index < -0.39 is 18.2 Å². The highest BCUT2D eigenvalue weighted by Gasteiger charge is 2.25. The van der Waals surface area contributed by atoms with Crippen LogP contribution in [-0.2, 0) is 15.9 Å². The van der Waals surface area contributed by atoms with Crippen molar-refractivity contribution in [3.63, 3.8) is 0 Å². The van der Waals surface area contributed by atoms with E-state index in [2.05, 4.69) is 10.1 Å². The Kier molecular flexibility index (Phi) is 6.38. The number of amides is 1. The Morgan fingerprint density at radius 2 is 2.11 bits per heavy atom. The van der Waals surface area contributed by atoms with Crippen LogP contribution in [0.15, 0.2) is 36.4 Å². The van der Waals surface area contributed by atoms with Crippen LogP contribution >= 0.6 is 11.6 Å². The Labute approximate surface area is 167 Å². The average molecular weight is 406 g/mol. The molecule has 7 nitrogen and oxygen atoms in total. The maximum Gasteiger partial charge on any atom is 0.406 e. The molecular formula is C20H20ClNO6. The van der Waals surface area contributed by atoms with Gasteiger partial charge in [-0.2, -0.15) is 0 Å². The lowest BCUT2D eigenvalue weighted by atomic mass is 9.95. The van der Waals surface area contributed by atoms with Gasteiger partial charge in [0.05, 0.1) is 25.9 Å². The Balaban J connectivity index is 1.91. The summed E-state index contributed by atoms with van der Waals surface area (Å²) in [5, 5.41) is 12.7. The molecule has 0 spiro atoms. The van der Waals surface area contributed by atoms with Gasteiger partial charge in [0, 0.05) is 23.6 Å². The third kappa shape index (κ3) is 4.55. The van der Waals surface area contributed by atoms with Crippen molar-refractivity contribution < 1.29 is 28.9 Å². The fourth-order valence-electron chi connectivity index (χ4n) is 3.12. The predicted molar refractivity (Wildman–Crippen MR) is 102 cm³/mol. The summed E-state index contributed by atoms with van der Waals surface area (Å²) in [7, 11) is 1.28. The van der Waals surface area contributed by atoms with Gasteiger partial charge in [-0.1, -0.05) is 23.7 Å². The number of carbonyl (C=O) groups excluding carboxylic acids is 1. The lowest BCUT2D eigenvalue weighted by molar-refractivity contribution is 0.0692. The van der Waals surface area contributed by atoms with Gasteiger partial charge in [-0.05, 0) is 35.4 Å². The number of rotatable bonds is 7. The molecule has 0 saturated carbocycles. The number of alkyl carbamates (subject to hydrolysis) is 1. The van der Waals surface area contributed by atoms with Crippen molar-refractivity contribution in [2.24, 2.45) is 0 Å². The van der Waals surface area contributed by atoms with E-state index in [0.717, 1.165) is 5.56 Å². The van der Waals surface area contributed by atoms with Gasteiger partial charge < -0.3 is 24.6 Å². The topological polar surface area (TPSA) is 94.1 Å². The van der Waals surface area contributed by atoms with E-state index >= 15 is 0 Å². The summed E-state index contributed by atoms with van der Waals surface area (Å²) in [6, 6.07) is 10.6. The summed E-state index contributed by atoms with van der Waals surface area (Å²) in [4.78, 5) is 22.9. The molecule has 2 aromatic rings. The van der Waals surface area contributed by atoms with E-state index in [1.54, 1.807) is 30.3 Å². The minimum absolute atomic E-state index is 0.187. The molecule has 0 aromatic heterocycles. The lowest BCUT2D eigenvalue weighted by Crippen LogP contribution is -2.27. The first kappa shape index (κ1) is 20.0. The van der Waals surface area contributed by atoms with E-state index in [-0.39, 0.29) is 18.7 Å². The second-order valence-corrected chi connectivity index (χ2v) is 6.61. The molecule has 0 saturated heterocycles. The SMILES string of the molecule is COC(=O)NCCOC(c1cccc(Cl)c1)c1cc2c(c(C(=O)O)c1)CCO2. The largest absolute Gasteiger partial charge is 0.493 e. The highest BCUT2D eigenvalue weighted by molar-refractivity contribution is 6.30. The number of aromatic carboxylic acids is 1. The number of nitrogens with one attached hydrogen (secondary N) is 1. The summed E-state index contributed by atoms with van der Waals surface area (Å²) in [6.07, 6.45) is -0.573. The van der Waals surface area contributed by atoms with Crippen LogP contribution in [0.25, 0.3) is 0 Å². The van der Waals surface area contributed by atoms with Crippen LogP contribution in [0, 0.1) is 0 Å². The zero-order valence-corrected chi connectivity index (χ0v) is 16.0. The molecule has 1 heterocycles. The molecule has 1 atom stereocenters. The van der Waals surface area contributed by atoms with Gasteiger partial charge in [-0.15, -0.1) is 0 Å². The van der Waals surface area contributed by atoms with Crippen LogP contribution in [0.5, 0.6) is 5.75 Å². The Hall–Kier alpha value is -2.77. The third-order valence-electron chi connectivity index (χ3n) is 4.37. The normalized spacial score (nSPS) is 13.4. The van der Waals surface area contributed by atoms with Crippen LogP contribution in [0.3, 0.4) is 0 Å². The number of carbonyl (C=O) groups is 2. The number of halogens is 1.